The van der Waals surface area contributed by atoms with Gasteiger partial charge in [-0.2, -0.15) is 5.21 Å². The third kappa shape index (κ3) is 4.75. The standard InChI is InChI=1S/C25H35N7O/c1-15(18(4)27-5)7-8-19-9-10-20-13-21(23(33)28-6)11-12-22(20)25(17(19)3,14-16(2)26)24-29-31-32-30-24/h7,11-13,16,27H,4,8-10,14,26H2,1-3,5-6H3,(H,28,33)(H,29,30,31,32)/b15-7+/t16-,25?/m1/s1. The number of allylic oxidation sites excluding steroid dienone is 4. The number of benzene rings is 1. The molecular weight excluding hydrogens is 414 g/mol. The van der Waals surface area contributed by atoms with Gasteiger partial charge in [-0.15, -0.1) is 10.2 Å². The second-order valence-corrected chi connectivity index (χ2v) is 8.82. The summed E-state index contributed by atoms with van der Waals surface area (Å²) >= 11 is 0. The first-order chi connectivity index (χ1) is 15.7. The Morgan fingerprint density at radius 1 is 1.33 bits per heavy atom. The highest BCUT2D eigenvalue weighted by molar-refractivity contribution is 5.94. The largest absolute Gasteiger partial charge is 0.388 e. The molecule has 1 amide bonds. The SMILES string of the molecule is C=C(NC)/C(C)=C/CC1=C(C)C(C[C@@H](C)N)(c2nn[nH]n2)c2ccc(C(=O)NC)cc2CC1. The predicted octanol–water partition coefficient (Wildman–Crippen LogP) is 2.91. The van der Waals surface area contributed by atoms with Gasteiger partial charge in [-0.25, -0.2) is 0 Å². The van der Waals surface area contributed by atoms with Gasteiger partial charge in [0.2, 0.25) is 0 Å². The van der Waals surface area contributed by atoms with Gasteiger partial charge in [0, 0.05) is 31.4 Å². The summed E-state index contributed by atoms with van der Waals surface area (Å²) in [6.07, 6.45) is 5.29. The highest BCUT2D eigenvalue weighted by Crippen LogP contribution is 2.47. The molecule has 8 nitrogen and oxygen atoms in total. The van der Waals surface area contributed by atoms with Crippen LogP contribution in [0.5, 0.6) is 0 Å². The number of carbonyl (C=O) groups excluding carboxylic acids is 1. The van der Waals surface area contributed by atoms with Crippen LogP contribution in [0, 0.1) is 0 Å². The highest BCUT2D eigenvalue weighted by atomic mass is 16.1. The molecule has 0 fully saturated rings. The van der Waals surface area contributed by atoms with Gasteiger partial charge in [0.15, 0.2) is 5.82 Å². The maximum absolute atomic E-state index is 12.3. The summed E-state index contributed by atoms with van der Waals surface area (Å²) in [7, 11) is 3.52. The zero-order valence-electron chi connectivity index (χ0n) is 20.2. The van der Waals surface area contributed by atoms with E-state index in [1.807, 2.05) is 32.2 Å². The number of nitrogens with two attached hydrogens (primary N) is 1. The Balaban J connectivity index is 2.23. The van der Waals surface area contributed by atoms with Crippen molar-refractivity contribution in [1.29, 1.82) is 0 Å². The van der Waals surface area contributed by atoms with Gasteiger partial charge < -0.3 is 16.4 Å². The van der Waals surface area contributed by atoms with Crippen LogP contribution in [0.25, 0.3) is 0 Å². The lowest BCUT2D eigenvalue weighted by Gasteiger charge is -2.36. The molecule has 176 valence electrons. The van der Waals surface area contributed by atoms with Crippen molar-refractivity contribution < 1.29 is 4.79 Å². The fraction of sp³-hybridized carbons (Fsp3) is 0.440. The van der Waals surface area contributed by atoms with E-state index in [9.17, 15) is 4.79 Å². The molecule has 0 bridgehead atoms. The third-order valence-corrected chi connectivity index (χ3v) is 6.71. The van der Waals surface area contributed by atoms with E-state index in [1.165, 1.54) is 11.1 Å². The van der Waals surface area contributed by atoms with Gasteiger partial charge in [0.05, 0.1) is 5.41 Å². The molecule has 2 aromatic rings. The number of hydrogen-bond acceptors (Lipinski definition) is 6. The molecule has 1 unspecified atom stereocenters. The van der Waals surface area contributed by atoms with Crippen molar-refractivity contribution in [3.05, 3.63) is 75.8 Å². The van der Waals surface area contributed by atoms with Gasteiger partial charge in [-0.05, 0) is 75.3 Å². The van der Waals surface area contributed by atoms with Crippen molar-refractivity contribution in [2.45, 2.75) is 57.9 Å². The molecule has 5 N–H and O–H groups in total. The van der Waals surface area contributed by atoms with Crippen molar-refractivity contribution in [1.82, 2.24) is 31.3 Å². The summed E-state index contributed by atoms with van der Waals surface area (Å²) in [6.45, 7) is 10.3. The van der Waals surface area contributed by atoms with Crippen molar-refractivity contribution >= 4 is 5.91 Å². The van der Waals surface area contributed by atoms with Crippen LogP contribution in [0.2, 0.25) is 0 Å². The Kier molecular flexibility index (Phi) is 7.48. The average Bonchev–Trinajstić information content (AvgIpc) is 3.32. The van der Waals surface area contributed by atoms with E-state index in [4.69, 9.17) is 5.73 Å². The van der Waals surface area contributed by atoms with Crippen molar-refractivity contribution in [3.8, 4) is 0 Å². The summed E-state index contributed by atoms with van der Waals surface area (Å²) < 4.78 is 0. The van der Waals surface area contributed by atoms with E-state index in [0.717, 1.165) is 41.7 Å². The number of rotatable bonds is 8. The minimum Gasteiger partial charge on any atom is -0.388 e. The van der Waals surface area contributed by atoms with Crippen molar-refractivity contribution in [2.75, 3.05) is 14.1 Å². The van der Waals surface area contributed by atoms with Crippen LogP contribution in [0.3, 0.4) is 0 Å². The second kappa shape index (κ2) is 10.1. The van der Waals surface area contributed by atoms with E-state index in [1.54, 1.807) is 7.05 Å². The Morgan fingerprint density at radius 2 is 2.09 bits per heavy atom. The van der Waals surface area contributed by atoms with Crippen LogP contribution < -0.4 is 16.4 Å². The number of nitrogens with zero attached hydrogens (tertiary/aromatic N) is 3. The van der Waals surface area contributed by atoms with Crippen LogP contribution in [0.4, 0.5) is 0 Å². The second-order valence-electron chi connectivity index (χ2n) is 8.82. The van der Waals surface area contributed by atoms with Crippen LogP contribution in [0.15, 0.2) is 53.3 Å². The van der Waals surface area contributed by atoms with Gasteiger partial charge in [0.25, 0.3) is 5.91 Å². The van der Waals surface area contributed by atoms with Crippen molar-refractivity contribution in [3.63, 3.8) is 0 Å². The molecule has 1 aromatic carbocycles. The normalized spacial score (nSPS) is 19.5. The molecule has 33 heavy (non-hydrogen) atoms. The monoisotopic (exact) mass is 449 g/mol. The van der Waals surface area contributed by atoms with E-state index in [-0.39, 0.29) is 11.9 Å². The summed E-state index contributed by atoms with van der Waals surface area (Å²) in [5, 5.41) is 21.2. The quantitative estimate of drug-likeness (QED) is 0.363. The molecule has 0 radical (unpaired) electrons. The molecule has 1 aliphatic rings. The number of nitrogens with one attached hydrogen (secondary N) is 3. The Morgan fingerprint density at radius 3 is 2.70 bits per heavy atom. The number of aromatic nitrogens is 4. The van der Waals surface area contributed by atoms with Gasteiger partial charge in [0.1, 0.15) is 0 Å². The van der Waals surface area contributed by atoms with E-state index >= 15 is 0 Å². The molecule has 0 aliphatic heterocycles. The maximum atomic E-state index is 12.3. The third-order valence-electron chi connectivity index (χ3n) is 6.71. The minimum absolute atomic E-state index is 0.103. The van der Waals surface area contributed by atoms with Crippen LogP contribution >= 0.6 is 0 Å². The van der Waals surface area contributed by atoms with Gasteiger partial charge >= 0.3 is 0 Å². The number of tetrazole rings is 1. The molecule has 1 aliphatic carbocycles. The summed E-state index contributed by atoms with van der Waals surface area (Å²) in [5.74, 6) is 0.499. The van der Waals surface area contributed by atoms with E-state index in [2.05, 4.69) is 57.8 Å². The molecule has 0 spiro atoms. The van der Waals surface area contributed by atoms with E-state index < -0.39 is 5.41 Å². The molecule has 0 saturated heterocycles. The molecule has 3 rings (SSSR count). The topological polar surface area (TPSA) is 122 Å². The predicted molar refractivity (Wildman–Crippen MR) is 131 cm³/mol. The zero-order valence-corrected chi connectivity index (χ0v) is 20.2. The summed E-state index contributed by atoms with van der Waals surface area (Å²) in [6, 6.07) is 5.79. The number of likely N-dealkylation sites (N-methyl/N-ethyl adjacent to an activating group) is 1. The zero-order chi connectivity index (χ0) is 24.2. The Hall–Kier alpha value is -3.26. The fourth-order valence-electron chi connectivity index (χ4n) is 4.80. The van der Waals surface area contributed by atoms with Gasteiger partial charge in [-0.3, -0.25) is 4.79 Å². The fourth-order valence-corrected chi connectivity index (χ4v) is 4.80. The van der Waals surface area contributed by atoms with Crippen molar-refractivity contribution in [2.24, 2.45) is 5.73 Å². The smallest absolute Gasteiger partial charge is 0.251 e. The molecule has 1 aromatic heterocycles. The van der Waals surface area contributed by atoms with Crippen LogP contribution in [-0.4, -0.2) is 46.7 Å². The first kappa shape index (κ1) is 24.4. The number of H-pyrrole nitrogens is 1. The van der Waals surface area contributed by atoms with Crippen LogP contribution in [0.1, 0.15) is 67.3 Å². The number of aryl methyl sites for hydroxylation is 1. The number of fused-ring (bicyclic) bond motifs is 1. The number of carbonyl (C=O) groups is 1. The lowest BCUT2D eigenvalue weighted by Crippen LogP contribution is -2.38. The summed E-state index contributed by atoms with van der Waals surface area (Å²) in [4.78, 5) is 12.3. The van der Waals surface area contributed by atoms with Crippen LogP contribution in [-0.2, 0) is 11.8 Å². The first-order valence-corrected chi connectivity index (χ1v) is 11.3. The Bertz CT molecular complexity index is 1080. The molecule has 8 heteroatoms. The lowest BCUT2D eigenvalue weighted by molar-refractivity contribution is 0.0963. The minimum atomic E-state index is -0.634. The van der Waals surface area contributed by atoms with E-state index in [0.29, 0.717) is 17.8 Å². The molecular formula is C25H35N7O. The number of amides is 1. The highest BCUT2D eigenvalue weighted by Gasteiger charge is 2.44. The number of hydrogen-bond donors (Lipinski definition) is 4. The first-order valence-electron chi connectivity index (χ1n) is 11.3. The maximum Gasteiger partial charge on any atom is 0.251 e. The summed E-state index contributed by atoms with van der Waals surface area (Å²) in [5.41, 5.74) is 13.1. The number of aromatic amines is 1. The lowest BCUT2D eigenvalue weighted by atomic mass is 9.68. The van der Waals surface area contributed by atoms with Gasteiger partial charge in [-0.1, -0.05) is 35.1 Å². The average molecular weight is 450 g/mol. The molecule has 1 heterocycles. The molecule has 0 saturated carbocycles. The Labute approximate surface area is 195 Å². The molecule has 2 atom stereocenters.